The molecule has 0 aromatic carbocycles. The molecule has 0 aliphatic carbocycles. The summed E-state index contributed by atoms with van der Waals surface area (Å²) >= 11 is 0. The number of hydrogen-bond acceptors (Lipinski definition) is 4. The lowest BCUT2D eigenvalue weighted by atomic mass is 10.2. The lowest BCUT2D eigenvalue weighted by Crippen LogP contribution is -2.37. The fourth-order valence-electron chi connectivity index (χ4n) is 0.981. The van der Waals surface area contributed by atoms with Gasteiger partial charge in [-0.25, -0.2) is 0 Å². The molecule has 0 fully saturated rings. The van der Waals surface area contributed by atoms with Gasteiger partial charge in [0.15, 0.2) is 5.82 Å². The molecule has 0 saturated heterocycles. The number of nitrogens with two attached hydrogens (primary N) is 1. The lowest BCUT2D eigenvalue weighted by Gasteiger charge is -2.07. The highest BCUT2D eigenvalue weighted by Crippen LogP contribution is 2.02. The summed E-state index contributed by atoms with van der Waals surface area (Å²) in [6.07, 6.45) is 1.25. The average molecular weight is 212 g/mol. The van der Waals surface area contributed by atoms with Crippen molar-refractivity contribution in [3.8, 4) is 0 Å². The van der Waals surface area contributed by atoms with Crippen molar-refractivity contribution in [1.82, 2.24) is 9.78 Å². The summed E-state index contributed by atoms with van der Waals surface area (Å²) in [6.45, 7) is 0. The first-order valence-corrected chi connectivity index (χ1v) is 4.27. The highest BCUT2D eigenvalue weighted by molar-refractivity contribution is 5.95. The van der Waals surface area contributed by atoms with Crippen LogP contribution in [-0.2, 0) is 16.6 Å². The minimum Gasteiger partial charge on any atom is -0.481 e. The fraction of sp³-hybridized carbons (Fsp3) is 0.375. The van der Waals surface area contributed by atoms with E-state index in [9.17, 15) is 9.59 Å². The van der Waals surface area contributed by atoms with E-state index in [1.165, 1.54) is 4.68 Å². The van der Waals surface area contributed by atoms with Crippen molar-refractivity contribution in [2.45, 2.75) is 12.5 Å². The van der Waals surface area contributed by atoms with Gasteiger partial charge in [0.2, 0.25) is 5.91 Å². The normalized spacial score (nSPS) is 12.1. The summed E-state index contributed by atoms with van der Waals surface area (Å²) in [4.78, 5) is 21.6. The molecule has 1 aromatic rings. The molecular formula is C8H12N4O3. The SMILES string of the molecule is Cn1ccc(NC(=O)C(N)CC(=O)O)n1. The largest absolute Gasteiger partial charge is 0.481 e. The second-order valence-electron chi connectivity index (χ2n) is 3.07. The molecular weight excluding hydrogens is 200 g/mol. The van der Waals surface area contributed by atoms with Crippen molar-refractivity contribution in [3.05, 3.63) is 12.3 Å². The van der Waals surface area contributed by atoms with Crippen LogP contribution in [0.2, 0.25) is 0 Å². The second kappa shape index (κ2) is 4.56. The van der Waals surface area contributed by atoms with Crippen LogP contribution in [0.5, 0.6) is 0 Å². The van der Waals surface area contributed by atoms with E-state index in [4.69, 9.17) is 10.8 Å². The molecule has 82 valence electrons. The zero-order valence-corrected chi connectivity index (χ0v) is 8.17. The number of nitrogens with one attached hydrogen (secondary N) is 1. The minimum absolute atomic E-state index is 0.350. The Morgan fingerprint density at radius 2 is 2.40 bits per heavy atom. The van der Waals surface area contributed by atoms with Crippen molar-refractivity contribution < 1.29 is 14.7 Å². The molecule has 0 bridgehead atoms. The number of rotatable bonds is 4. The molecule has 0 saturated carbocycles. The van der Waals surface area contributed by atoms with Crippen molar-refractivity contribution in [2.75, 3.05) is 5.32 Å². The average Bonchev–Trinajstić information content (AvgIpc) is 2.50. The Kier molecular flexibility index (Phi) is 3.40. The maximum atomic E-state index is 11.3. The first-order chi connectivity index (χ1) is 6.99. The second-order valence-corrected chi connectivity index (χ2v) is 3.07. The Morgan fingerprint density at radius 3 is 2.87 bits per heavy atom. The van der Waals surface area contributed by atoms with E-state index < -0.39 is 24.3 Å². The number of aromatic nitrogens is 2. The highest BCUT2D eigenvalue weighted by Gasteiger charge is 2.17. The molecule has 1 atom stereocenters. The Bertz CT molecular complexity index is 374. The predicted octanol–water partition coefficient (Wildman–Crippen LogP) is -0.839. The van der Waals surface area contributed by atoms with Crippen LogP contribution < -0.4 is 11.1 Å². The predicted molar refractivity (Wildman–Crippen MR) is 52.1 cm³/mol. The summed E-state index contributed by atoms with van der Waals surface area (Å²) in [5.41, 5.74) is 5.35. The van der Waals surface area contributed by atoms with E-state index in [0.29, 0.717) is 5.82 Å². The van der Waals surface area contributed by atoms with Crippen molar-refractivity contribution in [1.29, 1.82) is 0 Å². The minimum atomic E-state index is -1.11. The zero-order valence-electron chi connectivity index (χ0n) is 8.17. The van der Waals surface area contributed by atoms with Gasteiger partial charge in [0, 0.05) is 19.3 Å². The van der Waals surface area contributed by atoms with Crippen molar-refractivity contribution in [2.24, 2.45) is 12.8 Å². The first-order valence-electron chi connectivity index (χ1n) is 4.27. The fourth-order valence-corrected chi connectivity index (χ4v) is 0.981. The van der Waals surface area contributed by atoms with Crippen LogP contribution >= 0.6 is 0 Å². The molecule has 1 amide bonds. The number of aryl methyl sites for hydroxylation is 1. The third-order valence-corrected chi connectivity index (χ3v) is 1.70. The van der Waals surface area contributed by atoms with Crippen LogP contribution in [0.15, 0.2) is 12.3 Å². The van der Waals surface area contributed by atoms with Gasteiger partial charge in [-0.1, -0.05) is 0 Å². The molecule has 7 heteroatoms. The number of nitrogens with zero attached hydrogens (tertiary/aromatic N) is 2. The summed E-state index contributed by atoms with van der Waals surface area (Å²) in [6, 6.07) is 0.523. The van der Waals surface area contributed by atoms with Gasteiger partial charge in [-0.2, -0.15) is 5.10 Å². The number of aliphatic carboxylic acids is 1. The Hall–Kier alpha value is -1.89. The van der Waals surface area contributed by atoms with Crippen molar-refractivity contribution >= 4 is 17.7 Å². The molecule has 0 aliphatic rings. The van der Waals surface area contributed by atoms with Gasteiger partial charge in [0.1, 0.15) is 0 Å². The number of carbonyl (C=O) groups excluding carboxylic acids is 1. The standard InChI is InChI=1S/C8H12N4O3/c1-12-3-2-6(11-12)10-8(15)5(9)4-7(13)14/h2-3,5H,4,9H2,1H3,(H,13,14)(H,10,11,15). The Morgan fingerprint density at radius 1 is 1.73 bits per heavy atom. The van der Waals surface area contributed by atoms with Crippen LogP contribution in [0.4, 0.5) is 5.82 Å². The van der Waals surface area contributed by atoms with E-state index in [-0.39, 0.29) is 0 Å². The molecule has 0 aliphatic heterocycles. The number of carboxylic acids is 1. The number of carbonyl (C=O) groups is 2. The third kappa shape index (κ3) is 3.39. The van der Waals surface area contributed by atoms with Gasteiger partial charge in [0.25, 0.3) is 0 Å². The monoisotopic (exact) mass is 212 g/mol. The summed E-state index contributed by atoms with van der Waals surface area (Å²) < 4.78 is 1.51. The molecule has 0 radical (unpaired) electrons. The number of carboxylic acid groups (broad SMARTS) is 1. The molecule has 15 heavy (non-hydrogen) atoms. The van der Waals surface area contributed by atoms with Gasteiger partial charge >= 0.3 is 5.97 Å². The lowest BCUT2D eigenvalue weighted by molar-refractivity contribution is -0.138. The van der Waals surface area contributed by atoms with Gasteiger partial charge < -0.3 is 16.2 Å². The highest BCUT2D eigenvalue weighted by atomic mass is 16.4. The first kappa shape index (κ1) is 11.2. The van der Waals surface area contributed by atoms with E-state index in [1.807, 2.05) is 0 Å². The molecule has 1 rings (SSSR count). The van der Waals surface area contributed by atoms with Gasteiger partial charge in [-0.3, -0.25) is 14.3 Å². The summed E-state index contributed by atoms with van der Waals surface area (Å²) in [7, 11) is 1.70. The van der Waals surface area contributed by atoms with E-state index >= 15 is 0 Å². The summed E-state index contributed by atoms with van der Waals surface area (Å²) in [5.74, 6) is -1.32. The molecule has 7 nitrogen and oxygen atoms in total. The quantitative estimate of drug-likeness (QED) is 0.602. The molecule has 1 heterocycles. The molecule has 1 aromatic heterocycles. The van der Waals surface area contributed by atoms with Crippen LogP contribution in [0.1, 0.15) is 6.42 Å². The van der Waals surface area contributed by atoms with Crippen molar-refractivity contribution in [3.63, 3.8) is 0 Å². The molecule has 4 N–H and O–H groups in total. The van der Waals surface area contributed by atoms with Crippen LogP contribution in [0.25, 0.3) is 0 Å². The van der Waals surface area contributed by atoms with Gasteiger partial charge in [0.05, 0.1) is 12.5 Å². The third-order valence-electron chi connectivity index (χ3n) is 1.70. The number of anilines is 1. The smallest absolute Gasteiger partial charge is 0.305 e. The van der Waals surface area contributed by atoms with E-state index in [2.05, 4.69) is 10.4 Å². The van der Waals surface area contributed by atoms with Crippen LogP contribution in [0, 0.1) is 0 Å². The molecule has 1 unspecified atom stereocenters. The van der Waals surface area contributed by atoms with Crippen LogP contribution in [0.3, 0.4) is 0 Å². The molecule has 0 spiro atoms. The number of amides is 1. The van der Waals surface area contributed by atoms with E-state index in [1.54, 1.807) is 19.3 Å². The number of hydrogen-bond donors (Lipinski definition) is 3. The maximum absolute atomic E-state index is 11.3. The van der Waals surface area contributed by atoms with Gasteiger partial charge in [-0.05, 0) is 0 Å². The Balaban J connectivity index is 2.52. The van der Waals surface area contributed by atoms with Gasteiger partial charge in [-0.15, -0.1) is 0 Å². The summed E-state index contributed by atoms with van der Waals surface area (Å²) in [5, 5.41) is 14.7. The van der Waals surface area contributed by atoms with E-state index in [0.717, 1.165) is 0 Å². The maximum Gasteiger partial charge on any atom is 0.305 e. The topological polar surface area (TPSA) is 110 Å². The Labute approximate surface area is 85.9 Å². The zero-order chi connectivity index (χ0) is 11.4. The van der Waals surface area contributed by atoms with Crippen LogP contribution in [-0.4, -0.2) is 32.8 Å².